The Bertz CT molecular complexity index is 347. The molecule has 1 aliphatic rings. The Kier molecular flexibility index (Phi) is 3.77. The molecular formula is C10H13BrN2OS. The third-order valence-corrected chi connectivity index (χ3v) is 4.07. The minimum Gasteiger partial charge on any atom is -0.350 e. The van der Waals surface area contributed by atoms with E-state index in [1.807, 2.05) is 12.1 Å². The Hall–Kier alpha value is -0.390. The molecule has 1 saturated heterocycles. The number of rotatable bonds is 3. The molecule has 2 rings (SSSR count). The number of nitrogens with one attached hydrogen (secondary N) is 2. The van der Waals surface area contributed by atoms with Crippen LogP contribution in [0.4, 0.5) is 0 Å². The van der Waals surface area contributed by atoms with Crippen LogP contribution in [0.15, 0.2) is 15.9 Å². The van der Waals surface area contributed by atoms with E-state index < -0.39 is 0 Å². The molecule has 0 spiro atoms. The van der Waals surface area contributed by atoms with Crippen LogP contribution < -0.4 is 10.6 Å². The minimum atomic E-state index is 0.0217. The van der Waals surface area contributed by atoms with Gasteiger partial charge in [0.1, 0.15) is 0 Å². The van der Waals surface area contributed by atoms with Crippen LogP contribution in [0.2, 0.25) is 0 Å². The lowest BCUT2D eigenvalue weighted by Gasteiger charge is -2.09. The lowest BCUT2D eigenvalue weighted by molar-refractivity contribution is -0.122. The van der Waals surface area contributed by atoms with E-state index in [2.05, 4.69) is 26.6 Å². The zero-order valence-corrected chi connectivity index (χ0v) is 10.7. The van der Waals surface area contributed by atoms with Crippen LogP contribution >= 0.6 is 27.3 Å². The predicted molar refractivity (Wildman–Crippen MR) is 64.9 cm³/mol. The van der Waals surface area contributed by atoms with Crippen molar-refractivity contribution in [2.45, 2.75) is 25.4 Å². The molecule has 0 aliphatic carbocycles. The van der Waals surface area contributed by atoms with Crippen molar-refractivity contribution in [2.75, 3.05) is 6.54 Å². The molecule has 3 nitrogen and oxygen atoms in total. The maximum absolute atomic E-state index is 11.6. The molecule has 1 aliphatic heterocycles. The standard InChI is InChI=1S/C10H13BrN2OS/c11-9-4-3-7(15-9)6-13-10(14)8-2-1-5-12-8/h3-4,8,12H,1-2,5-6H2,(H,13,14). The van der Waals surface area contributed by atoms with Crippen LogP contribution in [0.25, 0.3) is 0 Å². The van der Waals surface area contributed by atoms with Gasteiger partial charge in [0.25, 0.3) is 0 Å². The van der Waals surface area contributed by atoms with E-state index in [9.17, 15) is 4.79 Å². The van der Waals surface area contributed by atoms with Crippen molar-refractivity contribution in [3.05, 3.63) is 20.8 Å². The number of hydrogen-bond acceptors (Lipinski definition) is 3. The van der Waals surface area contributed by atoms with E-state index in [0.29, 0.717) is 6.54 Å². The molecule has 2 N–H and O–H groups in total. The SMILES string of the molecule is O=C(NCc1ccc(Br)s1)C1CCCN1. The molecule has 1 amide bonds. The fraction of sp³-hybridized carbons (Fsp3) is 0.500. The van der Waals surface area contributed by atoms with Crippen molar-refractivity contribution in [2.24, 2.45) is 0 Å². The maximum Gasteiger partial charge on any atom is 0.237 e. The van der Waals surface area contributed by atoms with Gasteiger partial charge < -0.3 is 10.6 Å². The van der Waals surface area contributed by atoms with Gasteiger partial charge in [-0.15, -0.1) is 11.3 Å². The first-order chi connectivity index (χ1) is 7.25. The zero-order chi connectivity index (χ0) is 10.7. The van der Waals surface area contributed by atoms with E-state index in [0.717, 1.165) is 23.2 Å². The lowest BCUT2D eigenvalue weighted by Crippen LogP contribution is -2.39. The summed E-state index contributed by atoms with van der Waals surface area (Å²) in [7, 11) is 0. The number of hydrogen-bond donors (Lipinski definition) is 2. The average molecular weight is 289 g/mol. The fourth-order valence-electron chi connectivity index (χ4n) is 1.65. The van der Waals surface area contributed by atoms with Gasteiger partial charge in [-0.05, 0) is 47.4 Å². The van der Waals surface area contributed by atoms with Crippen molar-refractivity contribution in [3.8, 4) is 0 Å². The summed E-state index contributed by atoms with van der Waals surface area (Å²) < 4.78 is 1.10. The first-order valence-electron chi connectivity index (χ1n) is 5.01. The van der Waals surface area contributed by atoms with Gasteiger partial charge in [0.05, 0.1) is 16.4 Å². The Morgan fingerprint density at radius 3 is 3.13 bits per heavy atom. The molecule has 1 atom stereocenters. The highest BCUT2D eigenvalue weighted by Crippen LogP contribution is 2.21. The summed E-state index contributed by atoms with van der Waals surface area (Å²) in [5, 5.41) is 6.12. The zero-order valence-electron chi connectivity index (χ0n) is 8.25. The number of thiophene rings is 1. The topological polar surface area (TPSA) is 41.1 Å². The Morgan fingerprint density at radius 2 is 2.53 bits per heavy atom. The number of amides is 1. The highest BCUT2D eigenvalue weighted by atomic mass is 79.9. The van der Waals surface area contributed by atoms with Crippen LogP contribution in [-0.2, 0) is 11.3 Å². The Labute approximate surface area is 101 Å². The third-order valence-electron chi connectivity index (χ3n) is 2.44. The summed E-state index contributed by atoms with van der Waals surface area (Å²) in [5.74, 6) is 0.122. The molecule has 0 aromatic carbocycles. The van der Waals surface area contributed by atoms with E-state index in [-0.39, 0.29) is 11.9 Å². The van der Waals surface area contributed by atoms with Gasteiger partial charge in [-0.25, -0.2) is 0 Å². The van der Waals surface area contributed by atoms with Crippen molar-refractivity contribution in [1.29, 1.82) is 0 Å². The van der Waals surface area contributed by atoms with Gasteiger partial charge in [0.15, 0.2) is 0 Å². The Balaban J connectivity index is 1.80. The molecule has 1 aromatic heterocycles. The smallest absolute Gasteiger partial charge is 0.237 e. The van der Waals surface area contributed by atoms with E-state index in [1.54, 1.807) is 11.3 Å². The summed E-state index contributed by atoms with van der Waals surface area (Å²) in [6.07, 6.45) is 2.06. The first-order valence-corrected chi connectivity index (χ1v) is 6.62. The largest absolute Gasteiger partial charge is 0.350 e. The van der Waals surface area contributed by atoms with Gasteiger partial charge in [0, 0.05) is 4.88 Å². The summed E-state index contributed by atoms with van der Waals surface area (Å²) >= 11 is 5.05. The molecule has 82 valence electrons. The monoisotopic (exact) mass is 288 g/mol. The molecule has 0 bridgehead atoms. The molecule has 0 saturated carbocycles. The van der Waals surface area contributed by atoms with E-state index in [1.165, 1.54) is 4.88 Å². The summed E-state index contributed by atoms with van der Waals surface area (Å²) in [6, 6.07) is 4.05. The lowest BCUT2D eigenvalue weighted by atomic mass is 10.2. The summed E-state index contributed by atoms with van der Waals surface area (Å²) in [6.45, 7) is 1.59. The molecule has 1 unspecified atom stereocenters. The van der Waals surface area contributed by atoms with Crippen molar-refractivity contribution >= 4 is 33.2 Å². The van der Waals surface area contributed by atoms with Crippen LogP contribution in [-0.4, -0.2) is 18.5 Å². The van der Waals surface area contributed by atoms with Crippen LogP contribution in [0.5, 0.6) is 0 Å². The van der Waals surface area contributed by atoms with Crippen LogP contribution in [0.1, 0.15) is 17.7 Å². The highest BCUT2D eigenvalue weighted by Gasteiger charge is 2.21. The van der Waals surface area contributed by atoms with Crippen molar-refractivity contribution in [1.82, 2.24) is 10.6 Å². The Morgan fingerprint density at radius 1 is 1.67 bits per heavy atom. The highest BCUT2D eigenvalue weighted by molar-refractivity contribution is 9.11. The normalized spacial score (nSPS) is 20.5. The quantitative estimate of drug-likeness (QED) is 0.892. The number of halogens is 1. The molecule has 1 aromatic rings. The number of carbonyl (C=O) groups is 1. The number of carbonyl (C=O) groups excluding carboxylic acids is 1. The molecular weight excluding hydrogens is 276 g/mol. The van der Waals surface area contributed by atoms with Gasteiger partial charge in [-0.3, -0.25) is 4.79 Å². The molecule has 5 heteroatoms. The predicted octanol–water partition coefficient (Wildman–Crippen LogP) is 1.88. The molecule has 1 fully saturated rings. The van der Waals surface area contributed by atoms with E-state index >= 15 is 0 Å². The van der Waals surface area contributed by atoms with Gasteiger partial charge in [0.2, 0.25) is 5.91 Å². The van der Waals surface area contributed by atoms with Crippen molar-refractivity contribution < 1.29 is 4.79 Å². The molecule has 2 heterocycles. The second-order valence-electron chi connectivity index (χ2n) is 3.57. The van der Waals surface area contributed by atoms with Gasteiger partial charge in [-0.2, -0.15) is 0 Å². The molecule has 15 heavy (non-hydrogen) atoms. The summed E-state index contributed by atoms with van der Waals surface area (Å²) in [4.78, 5) is 12.8. The van der Waals surface area contributed by atoms with E-state index in [4.69, 9.17) is 0 Å². The average Bonchev–Trinajstić information content (AvgIpc) is 2.84. The van der Waals surface area contributed by atoms with Crippen molar-refractivity contribution in [3.63, 3.8) is 0 Å². The minimum absolute atomic E-state index is 0.0217. The second kappa shape index (κ2) is 5.09. The van der Waals surface area contributed by atoms with Crippen LogP contribution in [0, 0.1) is 0 Å². The second-order valence-corrected chi connectivity index (χ2v) is 6.12. The fourth-order valence-corrected chi connectivity index (χ4v) is 3.08. The third kappa shape index (κ3) is 3.03. The maximum atomic E-state index is 11.6. The van der Waals surface area contributed by atoms with Gasteiger partial charge in [-0.1, -0.05) is 0 Å². The van der Waals surface area contributed by atoms with Crippen LogP contribution in [0.3, 0.4) is 0 Å². The van der Waals surface area contributed by atoms with Gasteiger partial charge >= 0.3 is 0 Å². The first kappa shape index (κ1) is 11.1. The summed E-state index contributed by atoms with van der Waals surface area (Å²) in [5.41, 5.74) is 0. The molecule has 0 radical (unpaired) electrons.